The van der Waals surface area contributed by atoms with Gasteiger partial charge in [-0.1, -0.05) is 25.6 Å². The van der Waals surface area contributed by atoms with Crippen LogP contribution < -0.4 is 10.6 Å². The maximum absolute atomic E-state index is 6.22. The highest BCUT2D eigenvalue weighted by Gasteiger charge is 2.19. The van der Waals surface area contributed by atoms with Crippen LogP contribution in [0.4, 0.5) is 5.13 Å². The number of anilines is 1. The molecule has 154 valence electrons. The Balaban J connectivity index is 1.46. The summed E-state index contributed by atoms with van der Waals surface area (Å²) in [7, 11) is 0. The SMILES string of the molecule is CSc1nnc(CCCN=C(N)N2CCN(c3nccs3)CC2)n1CC(C)C. The third-order valence-corrected chi connectivity index (χ3v) is 6.15. The van der Waals surface area contributed by atoms with E-state index < -0.39 is 0 Å². The van der Waals surface area contributed by atoms with Gasteiger partial charge in [-0.15, -0.1) is 21.5 Å². The molecule has 3 rings (SSSR count). The number of nitrogens with two attached hydrogens (primary N) is 1. The number of thioether (sulfide) groups is 1. The van der Waals surface area contributed by atoms with E-state index in [1.807, 2.05) is 17.8 Å². The lowest BCUT2D eigenvalue weighted by Crippen LogP contribution is -2.51. The number of hydrogen-bond acceptors (Lipinski definition) is 7. The van der Waals surface area contributed by atoms with E-state index in [2.05, 4.69) is 48.4 Å². The third-order valence-electron chi connectivity index (χ3n) is 4.65. The van der Waals surface area contributed by atoms with E-state index in [0.29, 0.717) is 18.4 Å². The van der Waals surface area contributed by atoms with Crippen LogP contribution in [-0.4, -0.2) is 69.6 Å². The first kappa shape index (κ1) is 20.9. The minimum atomic E-state index is 0.567. The monoisotopic (exact) mass is 422 g/mol. The van der Waals surface area contributed by atoms with Crippen LogP contribution in [0.25, 0.3) is 0 Å². The number of aromatic nitrogens is 4. The van der Waals surface area contributed by atoms with Crippen LogP contribution in [0.2, 0.25) is 0 Å². The van der Waals surface area contributed by atoms with Crippen molar-refractivity contribution in [1.82, 2.24) is 24.6 Å². The number of hydrogen-bond donors (Lipinski definition) is 1. The van der Waals surface area contributed by atoms with Gasteiger partial charge in [0, 0.05) is 57.3 Å². The highest BCUT2D eigenvalue weighted by molar-refractivity contribution is 7.98. The number of piperazine rings is 1. The quantitative estimate of drug-likeness (QED) is 0.302. The van der Waals surface area contributed by atoms with Crippen molar-refractivity contribution >= 4 is 34.2 Å². The molecule has 0 atom stereocenters. The van der Waals surface area contributed by atoms with Crippen LogP contribution in [0.5, 0.6) is 0 Å². The summed E-state index contributed by atoms with van der Waals surface area (Å²) in [5.74, 6) is 2.26. The number of guanidine groups is 1. The highest BCUT2D eigenvalue weighted by atomic mass is 32.2. The average Bonchev–Trinajstić information content (AvgIpc) is 3.35. The Morgan fingerprint density at radius 2 is 2.07 bits per heavy atom. The Labute approximate surface area is 175 Å². The number of aryl methyl sites for hydroxylation is 1. The minimum absolute atomic E-state index is 0.567. The molecule has 2 aromatic rings. The lowest BCUT2D eigenvalue weighted by Gasteiger charge is -2.35. The summed E-state index contributed by atoms with van der Waals surface area (Å²) in [5.41, 5.74) is 6.22. The topological polar surface area (TPSA) is 88.5 Å². The molecular weight excluding hydrogens is 392 g/mol. The Hall–Kier alpha value is -1.81. The van der Waals surface area contributed by atoms with Gasteiger partial charge in [0.2, 0.25) is 0 Å². The van der Waals surface area contributed by atoms with E-state index in [9.17, 15) is 0 Å². The van der Waals surface area contributed by atoms with E-state index in [4.69, 9.17) is 5.73 Å². The van der Waals surface area contributed by atoms with Gasteiger partial charge in [-0.3, -0.25) is 4.99 Å². The van der Waals surface area contributed by atoms with Crippen molar-refractivity contribution in [3.8, 4) is 0 Å². The Bertz CT molecular complexity index is 748. The summed E-state index contributed by atoms with van der Waals surface area (Å²) >= 11 is 3.33. The number of aliphatic imine (C=N–C) groups is 1. The van der Waals surface area contributed by atoms with Crippen molar-refractivity contribution in [3.05, 3.63) is 17.4 Å². The first-order chi connectivity index (χ1) is 13.6. The van der Waals surface area contributed by atoms with Gasteiger partial charge in [-0.05, 0) is 18.6 Å². The van der Waals surface area contributed by atoms with Crippen LogP contribution >= 0.6 is 23.1 Å². The molecule has 1 fully saturated rings. The van der Waals surface area contributed by atoms with Gasteiger partial charge >= 0.3 is 0 Å². The van der Waals surface area contributed by atoms with Gasteiger partial charge in [-0.25, -0.2) is 4.98 Å². The zero-order valence-corrected chi connectivity index (χ0v) is 18.5. The maximum atomic E-state index is 6.22. The molecule has 8 nitrogen and oxygen atoms in total. The molecule has 0 spiro atoms. The normalized spacial score (nSPS) is 15.6. The molecule has 1 saturated heterocycles. The van der Waals surface area contributed by atoms with Gasteiger partial charge < -0.3 is 20.1 Å². The summed E-state index contributed by atoms with van der Waals surface area (Å²) in [6, 6.07) is 0. The summed E-state index contributed by atoms with van der Waals surface area (Å²) in [6.07, 6.45) is 5.69. The molecule has 0 unspecified atom stereocenters. The second-order valence-electron chi connectivity index (χ2n) is 7.24. The fourth-order valence-electron chi connectivity index (χ4n) is 3.23. The smallest absolute Gasteiger partial charge is 0.191 e. The average molecular weight is 423 g/mol. The van der Waals surface area contributed by atoms with E-state index in [-0.39, 0.29) is 0 Å². The molecule has 0 amide bonds. The van der Waals surface area contributed by atoms with Crippen LogP contribution in [-0.2, 0) is 13.0 Å². The van der Waals surface area contributed by atoms with Crippen molar-refractivity contribution in [2.45, 2.75) is 38.4 Å². The van der Waals surface area contributed by atoms with Gasteiger partial charge in [-0.2, -0.15) is 0 Å². The van der Waals surface area contributed by atoms with Crippen LogP contribution in [0.1, 0.15) is 26.1 Å². The largest absolute Gasteiger partial charge is 0.370 e. The molecule has 0 saturated carbocycles. The lowest BCUT2D eigenvalue weighted by atomic mass is 10.2. The van der Waals surface area contributed by atoms with Gasteiger partial charge in [0.05, 0.1) is 0 Å². The molecule has 1 aliphatic heterocycles. The molecule has 0 bridgehead atoms. The van der Waals surface area contributed by atoms with Crippen LogP contribution in [0.15, 0.2) is 21.7 Å². The van der Waals surface area contributed by atoms with Crippen LogP contribution in [0.3, 0.4) is 0 Å². The van der Waals surface area contributed by atoms with Gasteiger partial charge in [0.15, 0.2) is 16.2 Å². The van der Waals surface area contributed by atoms with Crippen molar-refractivity contribution in [1.29, 1.82) is 0 Å². The van der Waals surface area contributed by atoms with Gasteiger partial charge in [0.1, 0.15) is 5.82 Å². The zero-order valence-electron chi connectivity index (χ0n) is 16.9. The molecule has 1 aliphatic rings. The molecule has 10 heteroatoms. The Kier molecular flexibility index (Phi) is 7.55. The molecule has 2 aromatic heterocycles. The van der Waals surface area contributed by atoms with E-state index >= 15 is 0 Å². The summed E-state index contributed by atoms with van der Waals surface area (Å²) in [4.78, 5) is 13.4. The highest BCUT2D eigenvalue weighted by Crippen LogP contribution is 2.19. The molecule has 0 aromatic carbocycles. The molecule has 0 radical (unpaired) electrons. The van der Waals surface area contributed by atoms with Crippen molar-refractivity contribution < 1.29 is 0 Å². The van der Waals surface area contributed by atoms with Crippen LogP contribution in [0, 0.1) is 5.92 Å². The number of rotatable bonds is 8. The molecular formula is C18H30N8S2. The first-order valence-electron chi connectivity index (χ1n) is 9.74. The Morgan fingerprint density at radius 1 is 1.29 bits per heavy atom. The lowest BCUT2D eigenvalue weighted by molar-refractivity contribution is 0.380. The molecule has 3 heterocycles. The third kappa shape index (κ3) is 5.38. The summed E-state index contributed by atoms with van der Waals surface area (Å²) in [6.45, 7) is 9.72. The number of nitrogens with zero attached hydrogens (tertiary/aromatic N) is 7. The molecule has 0 aliphatic carbocycles. The van der Waals surface area contributed by atoms with Gasteiger partial charge in [0.25, 0.3) is 0 Å². The minimum Gasteiger partial charge on any atom is -0.370 e. The fourth-order valence-corrected chi connectivity index (χ4v) is 4.45. The zero-order chi connectivity index (χ0) is 19.9. The standard InChI is InChI=1S/C18H30N8S2/c1-14(2)13-26-15(22-23-18(26)27-3)5-4-6-20-16(19)24-8-10-25(11-9-24)17-21-7-12-28-17/h7,12,14H,4-6,8-11,13H2,1-3H3,(H2,19,20). The second kappa shape index (κ2) is 10.1. The predicted molar refractivity (Wildman–Crippen MR) is 117 cm³/mol. The molecule has 2 N–H and O–H groups in total. The Morgan fingerprint density at radius 3 is 2.71 bits per heavy atom. The summed E-state index contributed by atoms with van der Waals surface area (Å²) in [5, 5.41) is 12.8. The van der Waals surface area contributed by atoms with Crippen molar-refractivity contribution in [3.63, 3.8) is 0 Å². The fraction of sp³-hybridized carbons (Fsp3) is 0.667. The van der Waals surface area contributed by atoms with E-state index in [0.717, 1.165) is 61.7 Å². The van der Waals surface area contributed by atoms with E-state index in [1.54, 1.807) is 23.1 Å². The van der Waals surface area contributed by atoms with Crippen molar-refractivity contribution in [2.75, 3.05) is 43.9 Å². The predicted octanol–water partition coefficient (Wildman–Crippen LogP) is 2.18. The number of thiazole rings is 1. The summed E-state index contributed by atoms with van der Waals surface area (Å²) < 4.78 is 2.24. The van der Waals surface area contributed by atoms with Crippen molar-refractivity contribution in [2.24, 2.45) is 16.6 Å². The second-order valence-corrected chi connectivity index (χ2v) is 8.89. The van der Waals surface area contributed by atoms with E-state index in [1.165, 1.54) is 0 Å². The maximum Gasteiger partial charge on any atom is 0.191 e. The molecule has 28 heavy (non-hydrogen) atoms. The first-order valence-corrected chi connectivity index (χ1v) is 11.8.